The Morgan fingerprint density at radius 1 is 1.27 bits per heavy atom. The monoisotopic (exact) mass is 350 g/mol. The van der Waals surface area contributed by atoms with Crippen molar-refractivity contribution in [2.75, 3.05) is 13.7 Å². The van der Waals surface area contributed by atoms with Crippen molar-refractivity contribution in [1.82, 2.24) is 4.90 Å². The van der Waals surface area contributed by atoms with Gasteiger partial charge in [-0.3, -0.25) is 9.69 Å². The summed E-state index contributed by atoms with van der Waals surface area (Å²) >= 11 is 0. The maximum absolute atomic E-state index is 11.6. The highest BCUT2D eigenvalue weighted by molar-refractivity contribution is 5.84. The molecule has 1 fully saturated rings. The lowest BCUT2D eigenvalue weighted by molar-refractivity contribution is -0.122. The fourth-order valence-corrected chi connectivity index (χ4v) is 3.68. The van der Waals surface area contributed by atoms with E-state index in [1.54, 1.807) is 7.11 Å². The number of amides is 1. The van der Waals surface area contributed by atoms with Crippen molar-refractivity contribution in [3.8, 4) is 17.1 Å². The van der Waals surface area contributed by atoms with E-state index in [1.807, 2.05) is 36.4 Å². The molecule has 0 bridgehead atoms. The van der Waals surface area contributed by atoms with Crippen LogP contribution in [0.3, 0.4) is 0 Å². The number of methoxy groups -OCH3 is 1. The van der Waals surface area contributed by atoms with E-state index < -0.39 is 0 Å². The molecule has 1 saturated heterocycles. The van der Waals surface area contributed by atoms with Crippen LogP contribution >= 0.6 is 0 Å². The van der Waals surface area contributed by atoms with Gasteiger partial charge in [-0.05, 0) is 55.3 Å². The largest absolute Gasteiger partial charge is 0.497 e. The lowest BCUT2D eigenvalue weighted by Gasteiger charge is -2.21. The zero-order chi connectivity index (χ0) is 18.1. The molecule has 134 valence electrons. The highest BCUT2D eigenvalue weighted by atomic mass is 16.5. The fraction of sp³-hybridized carbons (Fsp3) is 0.286. The second kappa shape index (κ2) is 6.84. The number of benzene rings is 2. The number of primary amides is 1. The Morgan fingerprint density at radius 2 is 2.15 bits per heavy atom. The molecule has 5 heteroatoms. The quantitative estimate of drug-likeness (QED) is 0.764. The summed E-state index contributed by atoms with van der Waals surface area (Å²) in [6.07, 6.45) is 1.87. The SMILES string of the molecule is COc1cccc(-c2cc3cc(CN4CCCC4C(N)=O)ccc3o2)c1. The van der Waals surface area contributed by atoms with Crippen molar-refractivity contribution in [2.24, 2.45) is 5.73 Å². The molecule has 2 N–H and O–H groups in total. The van der Waals surface area contributed by atoms with Gasteiger partial charge in [0.2, 0.25) is 5.91 Å². The fourth-order valence-electron chi connectivity index (χ4n) is 3.68. The Kier molecular flexibility index (Phi) is 4.39. The van der Waals surface area contributed by atoms with Crippen LogP contribution in [0, 0.1) is 0 Å². The van der Waals surface area contributed by atoms with Crippen LogP contribution in [0.1, 0.15) is 18.4 Å². The Balaban J connectivity index is 1.60. The van der Waals surface area contributed by atoms with Crippen LogP contribution in [0.2, 0.25) is 0 Å². The van der Waals surface area contributed by atoms with Crippen molar-refractivity contribution in [2.45, 2.75) is 25.4 Å². The van der Waals surface area contributed by atoms with Gasteiger partial charge in [-0.25, -0.2) is 0 Å². The van der Waals surface area contributed by atoms with Gasteiger partial charge in [-0.2, -0.15) is 0 Å². The van der Waals surface area contributed by atoms with Gasteiger partial charge in [0.1, 0.15) is 17.1 Å². The summed E-state index contributed by atoms with van der Waals surface area (Å²) in [6.45, 7) is 1.63. The molecule has 0 spiro atoms. The van der Waals surface area contributed by atoms with Crippen LogP contribution in [0.25, 0.3) is 22.3 Å². The van der Waals surface area contributed by atoms with E-state index in [0.717, 1.165) is 59.5 Å². The number of nitrogens with two attached hydrogens (primary N) is 1. The average Bonchev–Trinajstić information content (AvgIpc) is 3.28. The number of fused-ring (bicyclic) bond motifs is 1. The Hall–Kier alpha value is -2.79. The van der Waals surface area contributed by atoms with Crippen LogP contribution in [0.15, 0.2) is 52.9 Å². The van der Waals surface area contributed by atoms with Gasteiger partial charge in [0.15, 0.2) is 0 Å². The van der Waals surface area contributed by atoms with E-state index in [0.29, 0.717) is 0 Å². The summed E-state index contributed by atoms with van der Waals surface area (Å²) < 4.78 is 11.3. The summed E-state index contributed by atoms with van der Waals surface area (Å²) in [5, 5.41) is 1.05. The number of furan rings is 1. The molecule has 3 aromatic rings. The molecular weight excluding hydrogens is 328 g/mol. The topological polar surface area (TPSA) is 68.7 Å². The number of likely N-dealkylation sites (tertiary alicyclic amines) is 1. The van der Waals surface area contributed by atoms with Gasteiger partial charge in [0.05, 0.1) is 13.2 Å². The molecule has 0 saturated carbocycles. The van der Waals surface area contributed by atoms with Gasteiger partial charge in [-0.1, -0.05) is 18.2 Å². The molecule has 1 unspecified atom stereocenters. The van der Waals surface area contributed by atoms with E-state index in [2.05, 4.69) is 17.0 Å². The van der Waals surface area contributed by atoms with Crippen molar-refractivity contribution in [3.63, 3.8) is 0 Å². The third-order valence-corrected chi connectivity index (χ3v) is 5.01. The molecule has 1 aliphatic heterocycles. The number of hydrogen-bond donors (Lipinski definition) is 1. The Bertz CT molecular complexity index is 947. The number of rotatable bonds is 5. The average molecular weight is 350 g/mol. The number of carbonyl (C=O) groups is 1. The van der Waals surface area contributed by atoms with Crippen molar-refractivity contribution in [1.29, 1.82) is 0 Å². The van der Waals surface area contributed by atoms with Crippen LogP contribution in [-0.2, 0) is 11.3 Å². The van der Waals surface area contributed by atoms with Gasteiger partial charge in [0, 0.05) is 17.5 Å². The summed E-state index contributed by atoms with van der Waals surface area (Å²) in [7, 11) is 1.65. The molecule has 2 heterocycles. The van der Waals surface area contributed by atoms with Gasteiger partial charge in [-0.15, -0.1) is 0 Å². The zero-order valence-electron chi connectivity index (χ0n) is 14.8. The van der Waals surface area contributed by atoms with Gasteiger partial charge < -0.3 is 14.9 Å². The third-order valence-electron chi connectivity index (χ3n) is 5.01. The summed E-state index contributed by atoms with van der Waals surface area (Å²) in [4.78, 5) is 13.7. The third kappa shape index (κ3) is 3.18. The summed E-state index contributed by atoms with van der Waals surface area (Å²) in [5.74, 6) is 1.38. The minimum atomic E-state index is -0.229. The molecule has 0 aliphatic carbocycles. The van der Waals surface area contributed by atoms with E-state index in [1.165, 1.54) is 0 Å². The molecule has 1 aromatic heterocycles. The summed E-state index contributed by atoms with van der Waals surface area (Å²) in [5.41, 5.74) is 8.50. The molecule has 2 aromatic carbocycles. The number of nitrogens with zero attached hydrogens (tertiary/aromatic N) is 1. The predicted molar refractivity (Wildman–Crippen MR) is 101 cm³/mol. The normalized spacial score (nSPS) is 17.7. The van der Waals surface area contributed by atoms with Crippen LogP contribution in [-0.4, -0.2) is 30.5 Å². The lowest BCUT2D eigenvalue weighted by atomic mass is 10.1. The van der Waals surface area contributed by atoms with E-state index >= 15 is 0 Å². The highest BCUT2D eigenvalue weighted by Gasteiger charge is 2.28. The minimum absolute atomic E-state index is 0.151. The van der Waals surface area contributed by atoms with Gasteiger partial charge >= 0.3 is 0 Å². The predicted octanol–water partition coefficient (Wildman–Crippen LogP) is 3.56. The summed E-state index contributed by atoms with van der Waals surface area (Å²) in [6, 6.07) is 15.9. The molecule has 0 radical (unpaired) electrons. The second-order valence-electron chi connectivity index (χ2n) is 6.75. The van der Waals surface area contributed by atoms with Crippen LogP contribution < -0.4 is 10.5 Å². The van der Waals surface area contributed by atoms with Crippen LogP contribution in [0.5, 0.6) is 5.75 Å². The first kappa shape index (κ1) is 16.7. The lowest BCUT2D eigenvalue weighted by Crippen LogP contribution is -2.39. The van der Waals surface area contributed by atoms with E-state index in [-0.39, 0.29) is 11.9 Å². The Labute approximate surface area is 152 Å². The molecule has 1 amide bonds. The molecule has 1 aliphatic rings. The van der Waals surface area contributed by atoms with Crippen LogP contribution in [0.4, 0.5) is 0 Å². The van der Waals surface area contributed by atoms with Gasteiger partial charge in [0.25, 0.3) is 0 Å². The standard InChI is InChI=1S/C21H22N2O3/c1-25-17-5-2-4-15(11-17)20-12-16-10-14(7-8-19(16)26-20)13-23-9-3-6-18(23)21(22)24/h2,4-5,7-8,10-12,18H,3,6,9,13H2,1H3,(H2,22,24). The molecule has 26 heavy (non-hydrogen) atoms. The maximum Gasteiger partial charge on any atom is 0.234 e. The van der Waals surface area contributed by atoms with E-state index in [9.17, 15) is 4.79 Å². The zero-order valence-corrected chi connectivity index (χ0v) is 14.8. The molecule has 4 rings (SSSR count). The van der Waals surface area contributed by atoms with E-state index in [4.69, 9.17) is 14.9 Å². The molecule has 1 atom stereocenters. The molecule has 5 nitrogen and oxygen atoms in total. The highest BCUT2D eigenvalue weighted by Crippen LogP contribution is 2.31. The molecular formula is C21H22N2O3. The minimum Gasteiger partial charge on any atom is -0.497 e. The first-order chi connectivity index (χ1) is 12.6. The number of ether oxygens (including phenoxy) is 1. The van der Waals surface area contributed by atoms with Crippen molar-refractivity contribution in [3.05, 3.63) is 54.1 Å². The first-order valence-electron chi connectivity index (χ1n) is 8.84. The smallest absolute Gasteiger partial charge is 0.234 e. The number of carbonyl (C=O) groups excluding carboxylic acids is 1. The van der Waals surface area contributed by atoms with Crippen molar-refractivity contribution < 1.29 is 13.9 Å². The number of hydrogen-bond acceptors (Lipinski definition) is 4. The first-order valence-corrected chi connectivity index (χ1v) is 8.84. The maximum atomic E-state index is 11.6. The Morgan fingerprint density at radius 3 is 2.96 bits per heavy atom. The second-order valence-corrected chi connectivity index (χ2v) is 6.75. The van der Waals surface area contributed by atoms with Crippen molar-refractivity contribution >= 4 is 16.9 Å².